The summed E-state index contributed by atoms with van der Waals surface area (Å²) in [6.45, 7) is 6.04. The number of nitrogens with two attached hydrogens (primary N) is 1. The standard InChI is InChI=1S/C12H20F3N3/c1-4-5-11(12(13,14)15)18(3)7-6-17-9-10(2)8-16/h5,9H,2,4,6-8,16H2,1,3H3/b11-5-,17-9?. The van der Waals surface area contributed by atoms with Crippen molar-refractivity contribution in [3.05, 3.63) is 23.9 Å². The van der Waals surface area contributed by atoms with E-state index in [2.05, 4.69) is 11.6 Å². The second kappa shape index (κ2) is 7.92. The fraction of sp³-hybridized carbons (Fsp3) is 0.583. The highest BCUT2D eigenvalue weighted by Crippen LogP contribution is 2.27. The molecule has 0 aliphatic carbocycles. The molecule has 0 unspecified atom stereocenters. The summed E-state index contributed by atoms with van der Waals surface area (Å²) < 4.78 is 38.0. The molecular formula is C12H20F3N3. The third-order valence-corrected chi connectivity index (χ3v) is 2.20. The number of aliphatic imine (C=N–C) groups is 1. The van der Waals surface area contributed by atoms with Gasteiger partial charge in [-0.1, -0.05) is 19.6 Å². The lowest BCUT2D eigenvalue weighted by atomic mass is 10.3. The molecule has 0 heterocycles. The van der Waals surface area contributed by atoms with Crippen LogP contribution in [0.15, 0.2) is 28.9 Å². The quantitative estimate of drug-likeness (QED) is 0.716. The molecule has 0 rings (SSSR count). The molecule has 0 aromatic rings. The SMILES string of the molecule is C=C(C=NCCN(C)/C(=C\CC)C(F)(F)F)CN. The summed E-state index contributed by atoms with van der Waals surface area (Å²) in [6, 6.07) is 0. The number of hydrogen-bond acceptors (Lipinski definition) is 3. The normalized spacial score (nSPS) is 13.1. The van der Waals surface area contributed by atoms with Crippen LogP contribution in [0.1, 0.15) is 13.3 Å². The molecule has 0 bridgehead atoms. The van der Waals surface area contributed by atoms with Crippen LogP contribution in [-0.2, 0) is 0 Å². The molecule has 2 N–H and O–H groups in total. The Bertz CT molecular complexity index is 319. The molecule has 0 radical (unpaired) electrons. The molecule has 0 saturated heterocycles. The first-order valence-corrected chi connectivity index (χ1v) is 5.69. The summed E-state index contributed by atoms with van der Waals surface area (Å²) in [5.74, 6) is 0. The summed E-state index contributed by atoms with van der Waals surface area (Å²) in [5, 5.41) is 0. The number of nitrogens with zero attached hydrogens (tertiary/aromatic N) is 2. The van der Waals surface area contributed by atoms with E-state index in [-0.39, 0.29) is 13.1 Å². The van der Waals surface area contributed by atoms with E-state index in [0.717, 1.165) is 4.90 Å². The maximum atomic E-state index is 12.7. The average Bonchev–Trinajstić information content (AvgIpc) is 2.29. The maximum absolute atomic E-state index is 12.7. The summed E-state index contributed by atoms with van der Waals surface area (Å²) in [7, 11) is 1.41. The van der Waals surface area contributed by atoms with Gasteiger partial charge in [-0.25, -0.2) is 0 Å². The molecule has 0 spiro atoms. The lowest BCUT2D eigenvalue weighted by Crippen LogP contribution is -2.30. The summed E-state index contributed by atoms with van der Waals surface area (Å²) in [6.07, 6.45) is -1.32. The van der Waals surface area contributed by atoms with E-state index < -0.39 is 11.9 Å². The highest BCUT2D eigenvalue weighted by Gasteiger charge is 2.35. The van der Waals surface area contributed by atoms with E-state index in [4.69, 9.17) is 5.73 Å². The summed E-state index contributed by atoms with van der Waals surface area (Å²) in [5.41, 5.74) is 5.32. The number of likely N-dealkylation sites (N-methyl/N-ethyl adjacent to an activating group) is 1. The van der Waals surface area contributed by atoms with Crippen molar-refractivity contribution in [3.8, 4) is 0 Å². The maximum Gasteiger partial charge on any atom is 0.430 e. The van der Waals surface area contributed by atoms with Crippen LogP contribution in [0.3, 0.4) is 0 Å². The van der Waals surface area contributed by atoms with E-state index >= 15 is 0 Å². The van der Waals surface area contributed by atoms with Gasteiger partial charge in [0, 0.05) is 26.4 Å². The topological polar surface area (TPSA) is 41.6 Å². The summed E-state index contributed by atoms with van der Waals surface area (Å²) in [4.78, 5) is 5.12. The van der Waals surface area contributed by atoms with Crippen molar-refractivity contribution in [1.82, 2.24) is 4.90 Å². The number of alkyl halides is 3. The van der Waals surface area contributed by atoms with Crippen LogP contribution in [-0.4, -0.2) is 44.0 Å². The lowest BCUT2D eigenvalue weighted by molar-refractivity contribution is -0.109. The highest BCUT2D eigenvalue weighted by atomic mass is 19.4. The molecule has 0 aliphatic rings. The number of allylic oxidation sites excluding steroid dienone is 2. The molecule has 6 heteroatoms. The van der Waals surface area contributed by atoms with Gasteiger partial charge in [-0.2, -0.15) is 13.2 Å². The van der Waals surface area contributed by atoms with Gasteiger partial charge in [-0.05, 0) is 12.0 Å². The van der Waals surface area contributed by atoms with Crippen molar-refractivity contribution in [2.24, 2.45) is 10.7 Å². The Hall–Kier alpha value is -1.30. The monoisotopic (exact) mass is 263 g/mol. The Labute approximate surface area is 106 Å². The van der Waals surface area contributed by atoms with E-state index in [0.29, 0.717) is 18.5 Å². The van der Waals surface area contributed by atoms with Gasteiger partial charge >= 0.3 is 6.18 Å². The second-order valence-electron chi connectivity index (χ2n) is 3.81. The van der Waals surface area contributed by atoms with Crippen molar-refractivity contribution in [2.45, 2.75) is 19.5 Å². The van der Waals surface area contributed by atoms with Gasteiger partial charge in [0.05, 0.1) is 6.54 Å². The van der Waals surface area contributed by atoms with Crippen molar-refractivity contribution in [3.63, 3.8) is 0 Å². The number of hydrogen-bond donors (Lipinski definition) is 1. The van der Waals surface area contributed by atoms with Gasteiger partial charge in [0.1, 0.15) is 5.70 Å². The fourth-order valence-electron chi connectivity index (χ4n) is 1.26. The predicted molar refractivity (Wildman–Crippen MR) is 68.6 cm³/mol. The first-order valence-electron chi connectivity index (χ1n) is 5.69. The zero-order chi connectivity index (χ0) is 14.2. The molecule has 0 amide bonds. The van der Waals surface area contributed by atoms with Gasteiger partial charge in [0.2, 0.25) is 0 Å². The average molecular weight is 263 g/mol. The Morgan fingerprint density at radius 1 is 1.44 bits per heavy atom. The molecule has 104 valence electrons. The van der Waals surface area contributed by atoms with E-state index in [1.165, 1.54) is 19.3 Å². The Kier molecular flexibility index (Phi) is 7.35. The zero-order valence-electron chi connectivity index (χ0n) is 10.8. The summed E-state index contributed by atoms with van der Waals surface area (Å²) >= 11 is 0. The van der Waals surface area contributed by atoms with Gasteiger partial charge in [0.25, 0.3) is 0 Å². The van der Waals surface area contributed by atoms with Crippen LogP contribution in [0.25, 0.3) is 0 Å². The molecule has 0 atom stereocenters. The first-order chi connectivity index (χ1) is 8.32. The molecule has 3 nitrogen and oxygen atoms in total. The van der Waals surface area contributed by atoms with E-state index in [1.807, 2.05) is 0 Å². The molecule has 0 aromatic heterocycles. The van der Waals surface area contributed by atoms with Crippen LogP contribution >= 0.6 is 0 Å². The second-order valence-corrected chi connectivity index (χ2v) is 3.81. The molecule has 0 saturated carbocycles. The smallest absolute Gasteiger partial charge is 0.369 e. The first kappa shape index (κ1) is 16.7. The van der Waals surface area contributed by atoms with Crippen molar-refractivity contribution in [1.29, 1.82) is 0 Å². The number of halogens is 3. The predicted octanol–water partition coefficient (Wildman–Crippen LogP) is 2.36. The van der Waals surface area contributed by atoms with Crippen LogP contribution in [0.4, 0.5) is 13.2 Å². The molecule has 0 fully saturated rings. The minimum absolute atomic E-state index is 0.194. The van der Waals surface area contributed by atoms with Crippen molar-refractivity contribution < 1.29 is 13.2 Å². The third-order valence-electron chi connectivity index (χ3n) is 2.20. The lowest BCUT2D eigenvalue weighted by Gasteiger charge is -2.23. The van der Waals surface area contributed by atoms with Crippen LogP contribution in [0, 0.1) is 0 Å². The van der Waals surface area contributed by atoms with Gasteiger partial charge in [-0.15, -0.1) is 0 Å². The minimum Gasteiger partial charge on any atom is -0.369 e. The molecule has 0 aromatic carbocycles. The zero-order valence-corrected chi connectivity index (χ0v) is 10.8. The third kappa shape index (κ3) is 6.44. The van der Waals surface area contributed by atoms with E-state index in [1.54, 1.807) is 6.92 Å². The fourth-order valence-corrected chi connectivity index (χ4v) is 1.26. The highest BCUT2D eigenvalue weighted by molar-refractivity contribution is 5.77. The molecule has 0 aliphatic heterocycles. The Balaban J connectivity index is 4.38. The van der Waals surface area contributed by atoms with E-state index in [9.17, 15) is 13.2 Å². The Morgan fingerprint density at radius 2 is 2.06 bits per heavy atom. The van der Waals surface area contributed by atoms with Crippen molar-refractivity contribution in [2.75, 3.05) is 26.7 Å². The van der Waals surface area contributed by atoms with Crippen LogP contribution in [0.5, 0.6) is 0 Å². The molecule has 18 heavy (non-hydrogen) atoms. The van der Waals surface area contributed by atoms with Crippen molar-refractivity contribution >= 4 is 6.21 Å². The van der Waals surface area contributed by atoms with Crippen LogP contribution in [0.2, 0.25) is 0 Å². The largest absolute Gasteiger partial charge is 0.430 e. The van der Waals surface area contributed by atoms with Gasteiger partial charge in [0.15, 0.2) is 0 Å². The van der Waals surface area contributed by atoms with Gasteiger partial charge in [-0.3, -0.25) is 4.99 Å². The number of rotatable bonds is 7. The van der Waals surface area contributed by atoms with Gasteiger partial charge < -0.3 is 10.6 Å². The van der Waals surface area contributed by atoms with Crippen LogP contribution < -0.4 is 5.73 Å². The molecular weight excluding hydrogens is 243 g/mol. The minimum atomic E-state index is -4.32. The Morgan fingerprint density at radius 3 is 2.50 bits per heavy atom.